The fourth-order valence-corrected chi connectivity index (χ4v) is 2.63. The van der Waals surface area contributed by atoms with E-state index >= 15 is 0 Å². The maximum atomic E-state index is 4.85. The van der Waals surface area contributed by atoms with Gasteiger partial charge in [-0.3, -0.25) is 4.98 Å². The zero-order valence-electron chi connectivity index (χ0n) is 11.3. The average Bonchev–Trinajstić information content (AvgIpc) is 2.80. The van der Waals surface area contributed by atoms with Crippen LogP contribution in [0.1, 0.15) is 0 Å². The summed E-state index contributed by atoms with van der Waals surface area (Å²) in [4.78, 5) is 7.03. The summed E-state index contributed by atoms with van der Waals surface area (Å²) in [6.45, 7) is 4.54. The number of H-pyrrole nitrogens is 1. The first-order valence-electron chi connectivity index (χ1n) is 6.01. The van der Waals surface area contributed by atoms with E-state index in [0.29, 0.717) is 5.16 Å². The Balaban J connectivity index is 0.000000192. The van der Waals surface area contributed by atoms with Crippen LogP contribution < -0.4 is 5.30 Å². The van der Waals surface area contributed by atoms with Crippen LogP contribution in [-0.4, -0.2) is 23.3 Å². The minimum Gasteiger partial charge on any atom is -0.742 e. The number of fused-ring (bicyclic) bond motifs is 1. The second kappa shape index (κ2) is 8.56. The molecule has 0 spiro atoms. The predicted molar refractivity (Wildman–Crippen MR) is 86.6 cm³/mol. The first-order chi connectivity index (χ1) is 9.16. The van der Waals surface area contributed by atoms with Gasteiger partial charge in [-0.25, -0.2) is 0 Å². The Morgan fingerprint density at radius 2 is 1.55 bits per heavy atom. The Hall–Kier alpha value is -0.700. The van der Waals surface area contributed by atoms with E-state index in [1.165, 1.54) is 5.30 Å². The molecule has 2 aromatic carbocycles. The number of para-hydroxylation sites is 2. The summed E-state index contributed by atoms with van der Waals surface area (Å²) in [6.07, 6.45) is 0. The van der Waals surface area contributed by atoms with Crippen molar-refractivity contribution in [2.45, 2.75) is 5.16 Å². The molecular weight excluding hydrogens is 468 g/mol. The molecule has 0 unspecified atom stereocenters. The SMILES string of the molecule is CP(C)c1ccccc1.[Au+].[S-]c1nc2ccccc2[nH]1. The van der Waals surface area contributed by atoms with E-state index in [0.717, 1.165) is 11.0 Å². The van der Waals surface area contributed by atoms with E-state index in [9.17, 15) is 0 Å². The molecule has 0 fully saturated rings. The van der Waals surface area contributed by atoms with Crippen LogP contribution in [0.2, 0.25) is 0 Å². The monoisotopic (exact) mass is 484 g/mol. The average molecular weight is 484 g/mol. The van der Waals surface area contributed by atoms with Crippen molar-refractivity contribution in [2.75, 3.05) is 13.3 Å². The minimum absolute atomic E-state index is 0. The number of aromatic nitrogens is 2. The van der Waals surface area contributed by atoms with Crippen LogP contribution in [0.4, 0.5) is 0 Å². The molecule has 3 aromatic rings. The Bertz CT molecular complexity index is 607. The van der Waals surface area contributed by atoms with Crippen LogP contribution in [0.25, 0.3) is 11.0 Å². The zero-order valence-corrected chi connectivity index (χ0v) is 15.2. The Morgan fingerprint density at radius 1 is 0.950 bits per heavy atom. The number of nitrogens with one attached hydrogen (secondary N) is 1. The molecule has 3 rings (SSSR count). The Labute approximate surface area is 142 Å². The van der Waals surface area contributed by atoms with Crippen LogP contribution in [0.5, 0.6) is 0 Å². The zero-order chi connectivity index (χ0) is 13.7. The second-order valence-electron chi connectivity index (χ2n) is 4.29. The van der Waals surface area contributed by atoms with E-state index < -0.39 is 0 Å². The van der Waals surface area contributed by atoms with E-state index in [1.807, 2.05) is 24.3 Å². The summed E-state index contributed by atoms with van der Waals surface area (Å²) < 4.78 is 0. The minimum atomic E-state index is 0. The molecule has 0 atom stereocenters. The van der Waals surface area contributed by atoms with Crippen molar-refractivity contribution in [3.63, 3.8) is 0 Å². The topological polar surface area (TPSA) is 28.7 Å². The third-order valence-electron chi connectivity index (χ3n) is 2.64. The van der Waals surface area contributed by atoms with Crippen LogP contribution in [0, 0.1) is 0 Å². The quantitative estimate of drug-likeness (QED) is 0.326. The van der Waals surface area contributed by atoms with Crippen LogP contribution in [0.15, 0.2) is 59.8 Å². The number of benzene rings is 2. The smallest absolute Gasteiger partial charge is 0.742 e. The molecule has 2 nitrogen and oxygen atoms in total. The van der Waals surface area contributed by atoms with Crippen molar-refractivity contribution in [3.8, 4) is 0 Å². The van der Waals surface area contributed by atoms with Crippen LogP contribution in [0.3, 0.4) is 0 Å². The maximum Gasteiger partial charge on any atom is 1.00 e. The fourth-order valence-electron chi connectivity index (χ4n) is 1.66. The molecule has 0 aliphatic rings. The largest absolute Gasteiger partial charge is 1.00 e. The predicted octanol–water partition coefficient (Wildman–Crippen LogP) is 3.52. The van der Waals surface area contributed by atoms with Gasteiger partial charge in [0, 0.05) is 0 Å². The number of nitrogens with zero attached hydrogens (tertiary/aromatic N) is 1. The van der Waals surface area contributed by atoms with Gasteiger partial charge in [0.1, 0.15) is 0 Å². The molecule has 0 radical (unpaired) electrons. The number of imidazole rings is 1. The van der Waals surface area contributed by atoms with Gasteiger partial charge in [-0.15, -0.1) is 0 Å². The summed E-state index contributed by atoms with van der Waals surface area (Å²) in [6, 6.07) is 18.4. The second-order valence-corrected chi connectivity index (χ2v) is 6.98. The van der Waals surface area contributed by atoms with Gasteiger partial charge in [-0.05, 0) is 35.9 Å². The molecule has 5 heteroatoms. The number of rotatable bonds is 1. The normalized spacial score (nSPS) is 9.75. The molecule has 0 aliphatic carbocycles. The Kier molecular flexibility index (Phi) is 7.42. The molecule has 1 N–H and O–H groups in total. The molecule has 0 saturated carbocycles. The third-order valence-corrected chi connectivity index (χ3v) is 4.16. The molecule has 0 saturated heterocycles. The van der Waals surface area contributed by atoms with Gasteiger partial charge in [0.15, 0.2) is 0 Å². The summed E-state index contributed by atoms with van der Waals surface area (Å²) >= 11 is 4.85. The van der Waals surface area contributed by atoms with Crippen LogP contribution >= 0.6 is 7.92 Å². The van der Waals surface area contributed by atoms with Crippen molar-refractivity contribution in [2.24, 2.45) is 0 Å². The van der Waals surface area contributed by atoms with E-state index in [4.69, 9.17) is 12.6 Å². The molecule has 0 bridgehead atoms. The molecule has 20 heavy (non-hydrogen) atoms. The van der Waals surface area contributed by atoms with Crippen molar-refractivity contribution >= 4 is 36.9 Å². The molecule has 1 aromatic heterocycles. The van der Waals surface area contributed by atoms with Gasteiger partial charge in [0.2, 0.25) is 0 Å². The maximum absolute atomic E-state index is 4.85. The van der Waals surface area contributed by atoms with Gasteiger partial charge in [0.05, 0.1) is 11.0 Å². The van der Waals surface area contributed by atoms with Gasteiger partial charge in [0.25, 0.3) is 0 Å². The summed E-state index contributed by atoms with van der Waals surface area (Å²) in [5, 5.41) is 2.04. The van der Waals surface area contributed by atoms with E-state index in [1.54, 1.807) is 0 Å². The fraction of sp³-hybridized carbons (Fsp3) is 0.133. The number of hydrogen-bond acceptors (Lipinski definition) is 2. The Morgan fingerprint density at radius 3 is 2.10 bits per heavy atom. The van der Waals surface area contributed by atoms with E-state index in [2.05, 4.69) is 53.6 Å². The van der Waals surface area contributed by atoms with Crippen molar-refractivity contribution in [1.29, 1.82) is 0 Å². The standard InChI is InChI=1S/C8H11P.C7H6N2S.Au/c1-9(2)8-6-4-3-5-7-8;10-7-8-5-3-1-2-4-6(5)9-7;/h3-7H,1-2H3;1-4H,(H2,8,9,10);/q;;+1/p-1. The molecule has 0 aliphatic heterocycles. The van der Waals surface area contributed by atoms with Crippen LogP contribution in [-0.2, 0) is 35.0 Å². The summed E-state index contributed by atoms with van der Waals surface area (Å²) in [7, 11) is 0.104. The van der Waals surface area contributed by atoms with Crippen molar-refractivity contribution < 1.29 is 22.4 Å². The molecule has 108 valence electrons. The summed E-state index contributed by atoms with van der Waals surface area (Å²) in [5.74, 6) is 0. The first-order valence-corrected chi connectivity index (χ1v) is 8.65. The molecule has 1 heterocycles. The number of aromatic amines is 1. The van der Waals surface area contributed by atoms with Crippen molar-refractivity contribution in [1.82, 2.24) is 9.97 Å². The van der Waals surface area contributed by atoms with Gasteiger partial charge in [-0.1, -0.05) is 50.4 Å². The van der Waals surface area contributed by atoms with Crippen molar-refractivity contribution in [3.05, 3.63) is 54.6 Å². The molecule has 0 amide bonds. The van der Waals surface area contributed by atoms with Gasteiger partial charge >= 0.3 is 22.4 Å². The summed E-state index contributed by atoms with van der Waals surface area (Å²) in [5.41, 5.74) is 1.94. The molecular formula is C15H16AuN2PS. The van der Waals surface area contributed by atoms with E-state index in [-0.39, 0.29) is 30.3 Å². The number of hydrogen-bond donors (Lipinski definition) is 1. The first kappa shape index (κ1) is 17.4. The third kappa shape index (κ3) is 5.01. The van der Waals surface area contributed by atoms with Gasteiger partial charge < -0.3 is 17.6 Å². The van der Waals surface area contributed by atoms with Gasteiger partial charge in [-0.2, -0.15) is 0 Å².